The van der Waals surface area contributed by atoms with Crippen LogP contribution in [0.25, 0.3) is 0 Å². The fraction of sp³-hybridized carbons (Fsp3) is 0.300. The molecule has 0 bridgehead atoms. The predicted molar refractivity (Wildman–Crippen MR) is 95.5 cm³/mol. The van der Waals surface area contributed by atoms with E-state index in [1.54, 1.807) is 7.11 Å². The van der Waals surface area contributed by atoms with E-state index in [0.29, 0.717) is 11.8 Å². The molecule has 3 atom stereocenters. The van der Waals surface area contributed by atoms with E-state index >= 15 is 0 Å². The zero-order valence-electron chi connectivity index (χ0n) is 13.3. The lowest BCUT2D eigenvalue weighted by Gasteiger charge is -2.38. The van der Waals surface area contributed by atoms with Crippen LogP contribution in [-0.2, 0) is 0 Å². The molecular formula is C20H20ClNO. The van der Waals surface area contributed by atoms with Gasteiger partial charge in [-0.2, -0.15) is 0 Å². The molecular weight excluding hydrogens is 306 g/mol. The molecule has 0 radical (unpaired) electrons. The molecule has 2 nitrogen and oxygen atoms in total. The maximum Gasteiger partial charge on any atom is 0.124 e. The van der Waals surface area contributed by atoms with Gasteiger partial charge < -0.3 is 10.1 Å². The van der Waals surface area contributed by atoms with E-state index in [2.05, 4.69) is 42.6 Å². The van der Waals surface area contributed by atoms with Crippen molar-refractivity contribution in [1.29, 1.82) is 0 Å². The molecule has 0 unspecified atom stereocenters. The SMILES string of the molecule is COc1ccccc1[C@@H]1Nc2c(C)cc(Cl)cc2[C@H]2C=CC[C@H]21. The van der Waals surface area contributed by atoms with Gasteiger partial charge in [-0.05, 0) is 48.6 Å². The van der Waals surface area contributed by atoms with Gasteiger partial charge in [0.05, 0.1) is 13.2 Å². The van der Waals surface area contributed by atoms with Crippen LogP contribution in [0.3, 0.4) is 0 Å². The van der Waals surface area contributed by atoms with Gasteiger partial charge in [-0.25, -0.2) is 0 Å². The largest absolute Gasteiger partial charge is 0.496 e. The van der Waals surface area contributed by atoms with Crippen molar-refractivity contribution in [3.05, 3.63) is 70.3 Å². The van der Waals surface area contributed by atoms with Crippen LogP contribution in [0.15, 0.2) is 48.6 Å². The minimum Gasteiger partial charge on any atom is -0.496 e. The smallest absolute Gasteiger partial charge is 0.124 e. The van der Waals surface area contributed by atoms with Crippen LogP contribution in [0.4, 0.5) is 5.69 Å². The number of hydrogen-bond acceptors (Lipinski definition) is 2. The molecule has 0 aromatic heterocycles. The quantitative estimate of drug-likeness (QED) is 0.738. The van der Waals surface area contributed by atoms with Crippen molar-refractivity contribution in [2.24, 2.45) is 5.92 Å². The van der Waals surface area contributed by atoms with Crippen LogP contribution in [-0.4, -0.2) is 7.11 Å². The van der Waals surface area contributed by atoms with E-state index in [9.17, 15) is 0 Å². The van der Waals surface area contributed by atoms with E-state index in [1.165, 1.54) is 22.4 Å². The highest BCUT2D eigenvalue weighted by molar-refractivity contribution is 6.30. The summed E-state index contributed by atoms with van der Waals surface area (Å²) in [6.07, 6.45) is 5.71. The predicted octanol–water partition coefficient (Wildman–Crippen LogP) is 5.48. The Morgan fingerprint density at radius 2 is 2.00 bits per heavy atom. The van der Waals surface area contributed by atoms with Crippen molar-refractivity contribution in [2.75, 3.05) is 12.4 Å². The minimum atomic E-state index is 0.249. The van der Waals surface area contributed by atoms with Crippen molar-refractivity contribution in [2.45, 2.75) is 25.3 Å². The Kier molecular flexibility index (Phi) is 3.57. The molecule has 1 aliphatic carbocycles. The molecule has 2 aromatic carbocycles. The Morgan fingerprint density at radius 1 is 1.17 bits per heavy atom. The number of halogens is 1. The summed E-state index contributed by atoms with van der Waals surface area (Å²) in [4.78, 5) is 0. The minimum absolute atomic E-state index is 0.249. The van der Waals surface area contributed by atoms with Gasteiger partial charge in [0, 0.05) is 22.2 Å². The second kappa shape index (κ2) is 5.61. The van der Waals surface area contributed by atoms with E-state index in [0.717, 1.165) is 17.2 Å². The Labute approximate surface area is 142 Å². The molecule has 0 fully saturated rings. The molecule has 0 saturated heterocycles. The molecule has 118 valence electrons. The van der Waals surface area contributed by atoms with Gasteiger partial charge in [-0.1, -0.05) is 42.0 Å². The number of benzene rings is 2. The first-order chi connectivity index (χ1) is 11.2. The highest BCUT2D eigenvalue weighted by atomic mass is 35.5. The number of nitrogens with one attached hydrogen (secondary N) is 1. The number of ether oxygens (including phenoxy) is 1. The normalized spacial score (nSPS) is 24.7. The summed E-state index contributed by atoms with van der Waals surface area (Å²) < 4.78 is 5.60. The molecule has 23 heavy (non-hydrogen) atoms. The van der Waals surface area contributed by atoms with Crippen molar-refractivity contribution < 1.29 is 4.74 Å². The number of fused-ring (bicyclic) bond motifs is 3. The molecule has 2 aromatic rings. The van der Waals surface area contributed by atoms with Crippen LogP contribution >= 0.6 is 11.6 Å². The van der Waals surface area contributed by atoms with Gasteiger partial charge in [0.25, 0.3) is 0 Å². The zero-order chi connectivity index (χ0) is 16.0. The first-order valence-corrected chi connectivity index (χ1v) is 8.43. The van der Waals surface area contributed by atoms with E-state index in [1.807, 2.05) is 18.2 Å². The molecule has 2 aliphatic rings. The van der Waals surface area contributed by atoms with E-state index in [-0.39, 0.29) is 6.04 Å². The van der Waals surface area contributed by atoms with Crippen LogP contribution in [0.2, 0.25) is 5.02 Å². The fourth-order valence-electron chi connectivity index (χ4n) is 4.07. The third-order valence-corrected chi connectivity index (χ3v) is 5.32. The van der Waals surface area contributed by atoms with Crippen LogP contribution in [0.5, 0.6) is 5.75 Å². The van der Waals surface area contributed by atoms with Gasteiger partial charge in [-0.15, -0.1) is 0 Å². The number of methoxy groups -OCH3 is 1. The lowest BCUT2D eigenvalue weighted by atomic mass is 9.76. The highest BCUT2D eigenvalue weighted by Crippen LogP contribution is 2.52. The summed E-state index contributed by atoms with van der Waals surface area (Å²) in [7, 11) is 1.74. The number of para-hydroxylation sites is 1. The lowest BCUT2D eigenvalue weighted by Crippen LogP contribution is -2.29. The topological polar surface area (TPSA) is 21.3 Å². The average Bonchev–Trinajstić information content (AvgIpc) is 3.04. The molecule has 4 rings (SSSR count). The standard InChI is InChI=1S/C20H20ClNO/c1-12-10-13(21)11-17-14-7-5-8-15(14)20(22-19(12)17)16-6-3-4-9-18(16)23-2/h3-7,9-11,14-15,20,22H,8H2,1-2H3/t14-,15+,20+/m0/s1. The van der Waals surface area contributed by atoms with Gasteiger partial charge in [0.15, 0.2) is 0 Å². The molecule has 0 spiro atoms. The van der Waals surface area contributed by atoms with Crippen LogP contribution in [0, 0.1) is 12.8 Å². The molecule has 0 saturated carbocycles. The molecule has 1 heterocycles. The molecule has 1 N–H and O–H groups in total. The number of rotatable bonds is 2. The number of allylic oxidation sites excluding steroid dienone is 2. The third-order valence-electron chi connectivity index (χ3n) is 5.10. The molecule has 1 aliphatic heterocycles. The summed E-state index contributed by atoms with van der Waals surface area (Å²) in [5.74, 6) is 1.86. The molecule has 0 amide bonds. The summed E-state index contributed by atoms with van der Waals surface area (Å²) in [6, 6.07) is 12.7. The monoisotopic (exact) mass is 325 g/mol. The van der Waals surface area contributed by atoms with Gasteiger partial charge >= 0.3 is 0 Å². The van der Waals surface area contributed by atoms with Gasteiger partial charge in [0.2, 0.25) is 0 Å². The lowest BCUT2D eigenvalue weighted by molar-refractivity contribution is 0.381. The van der Waals surface area contributed by atoms with Gasteiger partial charge in [-0.3, -0.25) is 0 Å². The number of hydrogen-bond donors (Lipinski definition) is 1. The van der Waals surface area contributed by atoms with Crippen molar-refractivity contribution in [1.82, 2.24) is 0 Å². The maximum absolute atomic E-state index is 6.30. The Balaban J connectivity index is 1.85. The van der Waals surface area contributed by atoms with Gasteiger partial charge in [0.1, 0.15) is 5.75 Å². The number of anilines is 1. The zero-order valence-corrected chi connectivity index (χ0v) is 14.1. The van der Waals surface area contributed by atoms with Crippen molar-refractivity contribution in [3.63, 3.8) is 0 Å². The third kappa shape index (κ3) is 2.33. The summed E-state index contributed by atoms with van der Waals surface area (Å²) in [6.45, 7) is 2.12. The first kappa shape index (κ1) is 14.6. The second-order valence-corrected chi connectivity index (χ2v) is 6.84. The summed E-state index contributed by atoms with van der Waals surface area (Å²) in [5.41, 5.74) is 4.97. The Hall–Kier alpha value is -1.93. The Morgan fingerprint density at radius 3 is 2.83 bits per heavy atom. The maximum atomic E-state index is 6.30. The first-order valence-electron chi connectivity index (χ1n) is 8.05. The van der Waals surface area contributed by atoms with E-state index < -0.39 is 0 Å². The van der Waals surface area contributed by atoms with Crippen molar-refractivity contribution in [3.8, 4) is 5.75 Å². The fourth-order valence-corrected chi connectivity index (χ4v) is 4.35. The van der Waals surface area contributed by atoms with Crippen LogP contribution < -0.4 is 10.1 Å². The molecule has 3 heteroatoms. The van der Waals surface area contributed by atoms with E-state index in [4.69, 9.17) is 16.3 Å². The van der Waals surface area contributed by atoms with Crippen LogP contribution in [0.1, 0.15) is 35.1 Å². The Bertz CT molecular complexity index is 783. The number of aryl methyl sites for hydroxylation is 1. The average molecular weight is 326 g/mol. The summed E-state index contributed by atoms with van der Waals surface area (Å²) in [5, 5.41) is 4.59. The highest BCUT2D eigenvalue weighted by Gasteiger charge is 2.39. The second-order valence-electron chi connectivity index (χ2n) is 6.40. The van der Waals surface area contributed by atoms with Crippen molar-refractivity contribution >= 4 is 17.3 Å². The summed E-state index contributed by atoms with van der Waals surface area (Å²) >= 11 is 6.30.